The Bertz CT molecular complexity index is 674. The number of nitrogens with one attached hydrogen (secondary N) is 1. The zero-order chi connectivity index (χ0) is 16.5. The second-order valence-corrected chi connectivity index (χ2v) is 8.13. The second kappa shape index (κ2) is 6.21. The molecule has 8 nitrogen and oxygen atoms in total. The molecule has 0 unspecified atom stereocenters. The van der Waals surface area contributed by atoms with Crippen LogP contribution in [0.3, 0.4) is 0 Å². The van der Waals surface area contributed by atoms with Crippen molar-refractivity contribution in [3.05, 3.63) is 12.4 Å². The summed E-state index contributed by atoms with van der Waals surface area (Å²) >= 11 is 0. The van der Waals surface area contributed by atoms with E-state index in [0.29, 0.717) is 32.0 Å². The molecule has 2 heterocycles. The normalized spacial score (nSPS) is 21.2. The van der Waals surface area contributed by atoms with Crippen molar-refractivity contribution < 1.29 is 23.1 Å². The Balaban J connectivity index is 1.67. The summed E-state index contributed by atoms with van der Waals surface area (Å²) in [6.07, 6.45) is 5.71. The van der Waals surface area contributed by atoms with Crippen LogP contribution in [0.25, 0.3) is 0 Å². The number of sulfonamides is 1. The molecular weight excluding hydrogens is 322 g/mol. The summed E-state index contributed by atoms with van der Waals surface area (Å²) in [5, 5.41) is 13.5. The van der Waals surface area contributed by atoms with Crippen molar-refractivity contribution in [3.63, 3.8) is 0 Å². The molecule has 1 saturated heterocycles. The Kier molecular flexibility index (Phi) is 4.43. The number of carbonyl (C=O) groups is 1. The Hall–Kier alpha value is -1.45. The molecule has 23 heavy (non-hydrogen) atoms. The number of carboxylic acid groups (broad SMARTS) is 1. The van der Waals surface area contributed by atoms with Crippen molar-refractivity contribution >= 4 is 16.0 Å². The van der Waals surface area contributed by atoms with E-state index in [1.165, 1.54) is 12.4 Å². The highest BCUT2D eigenvalue weighted by molar-refractivity contribution is 7.89. The molecule has 1 aliphatic heterocycles. The summed E-state index contributed by atoms with van der Waals surface area (Å²) in [6, 6.07) is 0. The number of aromatic nitrogens is 2. The monoisotopic (exact) mass is 343 g/mol. The van der Waals surface area contributed by atoms with Gasteiger partial charge in [0.2, 0.25) is 10.0 Å². The molecule has 2 aliphatic rings. The van der Waals surface area contributed by atoms with E-state index in [0.717, 1.165) is 19.4 Å². The molecule has 0 spiro atoms. The van der Waals surface area contributed by atoms with Gasteiger partial charge in [-0.05, 0) is 31.6 Å². The standard InChI is InChI=1S/C14H21N3O5S/c18-13(19)14(3-5-22-6-4-14)10-16-23(20,21)12-7-15-17(9-12)8-11-1-2-11/h7,9,11,16H,1-6,8,10H2,(H,18,19). The fourth-order valence-corrected chi connectivity index (χ4v) is 3.77. The SMILES string of the molecule is O=C(O)C1(CNS(=O)(=O)c2cnn(CC3CC3)c2)CCOCC1. The summed E-state index contributed by atoms with van der Waals surface area (Å²) in [5.41, 5.74) is -1.10. The first-order valence-electron chi connectivity index (χ1n) is 7.75. The predicted molar refractivity (Wildman–Crippen MR) is 80.3 cm³/mol. The highest BCUT2D eigenvalue weighted by Gasteiger charge is 2.41. The topological polar surface area (TPSA) is 111 Å². The molecule has 9 heteroatoms. The maximum atomic E-state index is 12.4. The third-order valence-corrected chi connectivity index (χ3v) is 5.92. The van der Waals surface area contributed by atoms with Crippen LogP contribution in [-0.2, 0) is 26.1 Å². The van der Waals surface area contributed by atoms with Gasteiger partial charge in [-0.25, -0.2) is 13.1 Å². The van der Waals surface area contributed by atoms with E-state index in [2.05, 4.69) is 9.82 Å². The van der Waals surface area contributed by atoms with Gasteiger partial charge in [0.25, 0.3) is 0 Å². The molecule has 2 fully saturated rings. The summed E-state index contributed by atoms with van der Waals surface area (Å²) < 4.78 is 34.0. The first-order chi connectivity index (χ1) is 10.9. The largest absolute Gasteiger partial charge is 0.481 e. The third-order valence-electron chi connectivity index (χ3n) is 4.57. The zero-order valence-corrected chi connectivity index (χ0v) is 13.6. The predicted octanol–water partition coefficient (Wildman–Crippen LogP) is 0.453. The summed E-state index contributed by atoms with van der Waals surface area (Å²) in [4.78, 5) is 11.6. The lowest BCUT2D eigenvalue weighted by atomic mass is 9.80. The van der Waals surface area contributed by atoms with Crippen molar-refractivity contribution in [2.75, 3.05) is 19.8 Å². The van der Waals surface area contributed by atoms with E-state index in [9.17, 15) is 18.3 Å². The van der Waals surface area contributed by atoms with Crippen LogP contribution < -0.4 is 4.72 Å². The maximum absolute atomic E-state index is 12.4. The fraction of sp³-hybridized carbons (Fsp3) is 0.714. The molecule has 128 valence electrons. The Labute approximate surface area is 134 Å². The van der Waals surface area contributed by atoms with Crippen LogP contribution in [-0.4, -0.2) is 49.0 Å². The van der Waals surface area contributed by atoms with Gasteiger partial charge < -0.3 is 9.84 Å². The Morgan fingerprint density at radius 1 is 1.43 bits per heavy atom. The molecule has 1 saturated carbocycles. The van der Waals surface area contributed by atoms with Crippen LogP contribution in [0.4, 0.5) is 0 Å². The van der Waals surface area contributed by atoms with E-state index in [4.69, 9.17) is 4.74 Å². The molecule has 0 aromatic carbocycles. The van der Waals surface area contributed by atoms with Crippen LogP contribution in [0.15, 0.2) is 17.3 Å². The minimum absolute atomic E-state index is 0.0748. The van der Waals surface area contributed by atoms with Gasteiger partial charge in [-0.2, -0.15) is 5.10 Å². The lowest BCUT2D eigenvalue weighted by Gasteiger charge is -2.32. The Morgan fingerprint density at radius 2 is 2.13 bits per heavy atom. The summed E-state index contributed by atoms with van der Waals surface area (Å²) in [7, 11) is -3.76. The van der Waals surface area contributed by atoms with Crippen LogP contribution in [0, 0.1) is 11.3 Å². The van der Waals surface area contributed by atoms with Crippen molar-refractivity contribution in [2.24, 2.45) is 11.3 Å². The number of rotatable bonds is 7. The van der Waals surface area contributed by atoms with E-state index in [1.807, 2.05) is 0 Å². The fourth-order valence-electron chi connectivity index (χ4n) is 2.69. The van der Waals surface area contributed by atoms with Crippen molar-refractivity contribution in [1.29, 1.82) is 0 Å². The van der Waals surface area contributed by atoms with Crippen molar-refractivity contribution in [2.45, 2.75) is 37.1 Å². The Morgan fingerprint density at radius 3 is 2.74 bits per heavy atom. The number of carboxylic acids is 1. The quantitative estimate of drug-likeness (QED) is 0.744. The van der Waals surface area contributed by atoms with Gasteiger partial charge in [-0.15, -0.1) is 0 Å². The number of hydrogen-bond acceptors (Lipinski definition) is 5. The first kappa shape index (κ1) is 16.4. The number of aliphatic carboxylic acids is 1. The van der Waals surface area contributed by atoms with E-state index in [1.54, 1.807) is 4.68 Å². The maximum Gasteiger partial charge on any atom is 0.311 e. The first-order valence-corrected chi connectivity index (χ1v) is 9.23. The van der Waals surface area contributed by atoms with Crippen molar-refractivity contribution in [1.82, 2.24) is 14.5 Å². The molecule has 0 atom stereocenters. The van der Waals surface area contributed by atoms with Gasteiger partial charge in [-0.1, -0.05) is 0 Å². The minimum Gasteiger partial charge on any atom is -0.481 e. The molecule has 2 N–H and O–H groups in total. The molecular formula is C14H21N3O5S. The molecule has 0 amide bonds. The van der Waals surface area contributed by atoms with Crippen LogP contribution in [0.2, 0.25) is 0 Å². The molecule has 1 aliphatic carbocycles. The molecule has 3 rings (SSSR count). The van der Waals surface area contributed by atoms with E-state index >= 15 is 0 Å². The second-order valence-electron chi connectivity index (χ2n) is 6.36. The molecule has 1 aromatic rings. The number of hydrogen-bond donors (Lipinski definition) is 2. The van der Waals surface area contributed by atoms with Crippen molar-refractivity contribution in [3.8, 4) is 0 Å². The van der Waals surface area contributed by atoms with Gasteiger partial charge >= 0.3 is 5.97 Å². The number of ether oxygens (including phenoxy) is 1. The van der Waals surface area contributed by atoms with Gasteiger partial charge in [-0.3, -0.25) is 9.48 Å². The summed E-state index contributed by atoms with van der Waals surface area (Å²) in [5.74, 6) is -0.399. The third kappa shape index (κ3) is 3.73. The van der Waals surface area contributed by atoms with Crippen LogP contribution in [0.5, 0.6) is 0 Å². The minimum atomic E-state index is -3.76. The molecule has 1 aromatic heterocycles. The van der Waals surface area contributed by atoms with Crippen LogP contribution >= 0.6 is 0 Å². The van der Waals surface area contributed by atoms with Gasteiger partial charge in [0.15, 0.2) is 0 Å². The lowest BCUT2D eigenvalue weighted by Crippen LogP contribution is -2.46. The highest BCUT2D eigenvalue weighted by atomic mass is 32.2. The summed E-state index contributed by atoms with van der Waals surface area (Å²) in [6.45, 7) is 1.24. The van der Waals surface area contributed by atoms with Gasteiger partial charge in [0, 0.05) is 32.5 Å². The number of nitrogens with zero attached hydrogens (tertiary/aromatic N) is 2. The smallest absolute Gasteiger partial charge is 0.311 e. The van der Waals surface area contributed by atoms with Gasteiger partial charge in [0.05, 0.1) is 11.6 Å². The average molecular weight is 343 g/mol. The highest BCUT2D eigenvalue weighted by Crippen LogP contribution is 2.31. The lowest BCUT2D eigenvalue weighted by molar-refractivity contribution is -0.154. The molecule has 0 bridgehead atoms. The van der Waals surface area contributed by atoms with Gasteiger partial charge in [0.1, 0.15) is 4.90 Å². The average Bonchev–Trinajstić information content (AvgIpc) is 3.20. The van der Waals surface area contributed by atoms with E-state index in [-0.39, 0.29) is 11.4 Å². The zero-order valence-electron chi connectivity index (χ0n) is 12.8. The van der Waals surface area contributed by atoms with Crippen LogP contribution in [0.1, 0.15) is 25.7 Å². The molecule has 0 radical (unpaired) electrons. The van der Waals surface area contributed by atoms with E-state index < -0.39 is 21.4 Å².